The molecule has 0 saturated heterocycles. The largest absolute Gasteiger partial charge is 0.399 e. The van der Waals surface area contributed by atoms with Crippen LogP contribution in [0.25, 0.3) is 0 Å². The smallest absolute Gasteiger partial charge is 0.0340 e. The molecule has 0 aliphatic carbocycles. The number of anilines is 2. The molecular weight excluding hydrogens is 412 g/mol. The van der Waals surface area contributed by atoms with Gasteiger partial charge in [0, 0.05) is 23.2 Å². The molecule has 0 amide bonds. The van der Waals surface area contributed by atoms with Crippen molar-refractivity contribution in [3.8, 4) is 0 Å². The molecule has 0 spiro atoms. The van der Waals surface area contributed by atoms with Crippen LogP contribution in [0.5, 0.6) is 0 Å². The summed E-state index contributed by atoms with van der Waals surface area (Å²) in [5.74, 6) is 0.225. The fourth-order valence-corrected chi connectivity index (χ4v) is 4.80. The van der Waals surface area contributed by atoms with Gasteiger partial charge in [-0.1, -0.05) is 109 Å². The molecule has 0 aliphatic rings. The van der Waals surface area contributed by atoms with Gasteiger partial charge in [-0.25, -0.2) is 0 Å². The van der Waals surface area contributed by atoms with E-state index >= 15 is 0 Å². The van der Waals surface area contributed by atoms with Crippen molar-refractivity contribution in [1.82, 2.24) is 0 Å². The maximum atomic E-state index is 6.15. The second-order valence-corrected chi connectivity index (χ2v) is 8.69. The lowest BCUT2D eigenvalue weighted by molar-refractivity contribution is 0.952. The first-order valence-corrected chi connectivity index (χ1v) is 11.6. The summed E-state index contributed by atoms with van der Waals surface area (Å²) in [6.45, 7) is 0. The highest BCUT2D eigenvalue weighted by atomic mass is 14.5. The molecule has 0 fully saturated rings. The number of rotatable bonds is 6. The predicted molar refractivity (Wildman–Crippen MR) is 143 cm³/mol. The van der Waals surface area contributed by atoms with E-state index in [-0.39, 0.29) is 11.8 Å². The van der Waals surface area contributed by atoms with Crippen LogP contribution in [0.4, 0.5) is 11.4 Å². The van der Waals surface area contributed by atoms with E-state index in [1.54, 1.807) is 0 Å². The topological polar surface area (TPSA) is 52.0 Å². The maximum absolute atomic E-state index is 6.15. The van der Waals surface area contributed by atoms with Crippen molar-refractivity contribution >= 4 is 11.4 Å². The third-order valence-corrected chi connectivity index (χ3v) is 6.36. The lowest BCUT2D eigenvalue weighted by atomic mass is 9.81. The Hall–Kier alpha value is -4.30. The summed E-state index contributed by atoms with van der Waals surface area (Å²) in [5.41, 5.74) is 21.2. The van der Waals surface area contributed by atoms with E-state index in [2.05, 4.69) is 109 Å². The molecule has 2 heteroatoms. The Kier molecular flexibility index (Phi) is 6.13. The van der Waals surface area contributed by atoms with E-state index in [1.165, 1.54) is 33.4 Å². The second kappa shape index (κ2) is 9.68. The molecule has 0 saturated carbocycles. The number of nitrogen functional groups attached to an aromatic ring is 2. The molecule has 2 nitrogen and oxygen atoms in total. The summed E-state index contributed by atoms with van der Waals surface area (Å²) in [6.07, 6.45) is 0. The molecule has 34 heavy (non-hydrogen) atoms. The number of hydrogen-bond donors (Lipinski definition) is 2. The molecular formula is C32H28N2. The van der Waals surface area contributed by atoms with Gasteiger partial charge < -0.3 is 11.5 Å². The minimum atomic E-state index is 0.112. The molecule has 166 valence electrons. The number of benzene rings is 5. The molecule has 2 atom stereocenters. The van der Waals surface area contributed by atoms with E-state index in [1.807, 2.05) is 24.3 Å². The van der Waals surface area contributed by atoms with Crippen LogP contribution in [0.2, 0.25) is 0 Å². The van der Waals surface area contributed by atoms with Gasteiger partial charge in [-0.2, -0.15) is 0 Å². The zero-order valence-corrected chi connectivity index (χ0v) is 19.0. The van der Waals surface area contributed by atoms with Crippen LogP contribution >= 0.6 is 0 Å². The predicted octanol–water partition coefficient (Wildman–Crippen LogP) is 7.21. The first kappa shape index (κ1) is 21.5. The highest BCUT2D eigenvalue weighted by Crippen LogP contribution is 2.36. The molecule has 5 aromatic rings. The van der Waals surface area contributed by atoms with Crippen LogP contribution in [0.15, 0.2) is 133 Å². The standard InChI is InChI=1S/C32H28N2/c33-29-15-7-13-27(21-29)31(23-9-3-1-4-10-23)25-17-19-26(20-18-25)32(24-11-5-2-6-12-24)28-14-8-16-30(34)22-28/h1-22,31-32H,33-34H2. The highest BCUT2D eigenvalue weighted by molar-refractivity contribution is 5.52. The highest BCUT2D eigenvalue weighted by Gasteiger charge is 2.20. The van der Waals surface area contributed by atoms with Crippen LogP contribution in [-0.4, -0.2) is 0 Å². The summed E-state index contributed by atoms with van der Waals surface area (Å²) in [6, 6.07) is 46.6. The van der Waals surface area contributed by atoms with Gasteiger partial charge in [0.05, 0.1) is 0 Å². The van der Waals surface area contributed by atoms with Crippen molar-refractivity contribution in [2.75, 3.05) is 11.5 Å². The molecule has 4 N–H and O–H groups in total. The molecule has 0 bridgehead atoms. The fourth-order valence-electron chi connectivity index (χ4n) is 4.80. The molecule has 0 heterocycles. The van der Waals surface area contributed by atoms with Gasteiger partial charge in [-0.15, -0.1) is 0 Å². The fraction of sp³-hybridized carbons (Fsp3) is 0.0625. The Balaban J connectivity index is 1.59. The molecule has 0 radical (unpaired) electrons. The molecule has 2 unspecified atom stereocenters. The van der Waals surface area contributed by atoms with Crippen molar-refractivity contribution in [3.05, 3.63) is 167 Å². The normalized spacial score (nSPS) is 12.7. The Morgan fingerprint density at radius 1 is 0.324 bits per heavy atom. The summed E-state index contributed by atoms with van der Waals surface area (Å²) in [5, 5.41) is 0. The Morgan fingerprint density at radius 2 is 0.647 bits per heavy atom. The quantitative estimate of drug-likeness (QED) is 0.216. The van der Waals surface area contributed by atoms with Crippen molar-refractivity contribution in [2.24, 2.45) is 0 Å². The van der Waals surface area contributed by atoms with E-state index in [4.69, 9.17) is 11.5 Å². The van der Waals surface area contributed by atoms with E-state index in [0.717, 1.165) is 11.4 Å². The summed E-state index contributed by atoms with van der Waals surface area (Å²) in [7, 11) is 0. The average Bonchev–Trinajstić information content (AvgIpc) is 2.87. The molecule has 0 aromatic heterocycles. The maximum Gasteiger partial charge on any atom is 0.0340 e. The van der Waals surface area contributed by atoms with Gasteiger partial charge in [-0.05, 0) is 57.6 Å². The van der Waals surface area contributed by atoms with Gasteiger partial charge in [0.1, 0.15) is 0 Å². The van der Waals surface area contributed by atoms with Crippen molar-refractivity contribution < 1.29 is 0 Å². The zero-order chi connectivity index (χ0) is 23.3. The third kappa shape index (κ3) is 4.57. The van der Waals surface area contributed by atoms with E-state index in [0.29, 0.717) is 0 Å². The van der Waals surface area contributed by atoms with Crippen LogP contribution < -0.4 is 11.5 Å². The van der Waals surface area contributed by atoms with Gasteiger partial charge in [0.25, 0.3) is 0 Å². The molecule has 5 rings (SSSR count). The lowest BCUT2D eigenvalue weighted by Gasteiger charge is -2.22. The van der Waals surface area contributed by atoms with Crippen molar-refractivity contribution in [3.63, 3.8) is 0 Å². The lowest BCUT2D eigenvalue weighted by Crippen LogP contribution is -2.07. The minimum absolute atomic E-state index is 0.112. The summed E-state index contributed by atoms with van der Waals surface area (Å²) in [4.78, 5) is 0. The number of hydrogen-bond acceptors (Lipinski definition) is 2. The van der Waals surface area contributed by atoms with Gasteiger partial charge in [0.2, 0.25) is 0 Å². The van der Waals surface area contributed by atoms with Crippen molar-refractivity contribution in [1.29, 1.82) is 0 Å². The van der Waals surface area contributed by atoms with Crippen LogP contribution in [0, 0.1) is 0 Å². The first-order valence-electron chi connectivity index (χ1n) is 11.6. The zero-order valence-electron chi connectivity index (χ0n) is 19.0. The average molecular weight is 441 g/mol. The Morgan fingerprint density at radius 3 is 1.00 bits per heavy atom. The van der Waals surface area contributed by atoms with Gasteiger partial charge >= 0.3 is 0 Å². The van der Waals surface area contributed by atoms with E-state index in [9.17, 15) is 0 Å². The SMILES string of the molecule is Nc1cccc(C(c2ccccc2)c2ccc(C(c3ccccc3)c3cccc(N)c3)cc2)c1. The summed E-state index contributed by atoms with van der Waals surface area (Å²) < 4.78 is 0. The minimum Gasteiger partial charge on any atom is -0.399 e. The van der Waals surface area contributed by atoms with Crippen LogP contribution in [0.1, 0.15) is 45.2 Å². The number of nitrogens with two attached hydrogens (primary N) is 2. The molecule has 0 aliphatic heterocycles. The third-order valence-electron chi connectivity index (χ3n) is 6.36. The second-order valence-electron chi connectivity index (χ2n) is 8.69. The van der Waals surface area contributed by atoms with Gasteiger partial charge in [-0.3, -0.25) is 0 Å². The Labute approximate surface area is 201 Å². The Bertz CT molecular complexity index is 1250. The van der Waals surface area contributed by atoms with Crippen molar-refractivity contribution in [2.45, 2.75) is 11.8 Å². The van der Waals surface area contributed by atoms with Gasteiger partial charge in [0.15, 0.2) is 0 Å². The van der Waals surface area contributed by atoms with Crippen LogP contribution in [-0.2, 0) is 0 Å². The van der Waals surface area contributed by atoms with E-state index < -0.39 is 0 Å². The summed E-state index contributed by atoms with van der Waals surface area (Å²) >= 11 is 0. The molecule has 5 aromatic carbocycles. The monoisotopic (exact) mass is 440 g/mol. The first-order chi connectivity index (χ1) is 16.7. The van der Waals surface area contributed by atoms with Crippen LogP contribution in [0.3, 0.4) is 0 Å².